The molecule has 0 radical (unpaired) electrons. The second-order valence-electron chi connectivity index (χ2n) is 13.1. The topological polar surface area (TPSA) is 92.1 Å². The van der Waals surface area contributed by atoms with Gasteiger partial charge in [-0.1, -0.05) is 0 Å². The molecular formula is C32H26F12N4O3. The third kappa shape index (κ3) is 5.70. The highest BCUT2D eigenvalue weighted by Crippen LogP contribution is 2.69. The fourth-order valence-electron chi connectivity index (χ4n) is 7.86. The van der Waals surface area contributed by atoms with Crippen molar-refractivity contribution in [1.29, 1.82) is 0 Å². The zero-order valence-electron chi connectivity index (χ0n) is 25.7. The minimum atomic E-state index is -5.79. The number of alkyl halides is 12. The summed E-state index contributed by atoms with van der Waals surface area (Å²) in [7, 11) is 0. The van der Waals surface area contributed by atoms with Crippen LogP contribution in [0.4, 0.5) is 52.7 Å². The molecule has 51 heavy (non-hydrogen) atoms. The van der Waals surface area contributed by atoms with E-state index in [2.05, 4.69) is 21.1 Å². The summed E-state index contributed by atoms with van der Waals surface area (Å²) in [5.41, 5.74) is -5.21. The Hall–Kier alpha value is -4.32. The molecule has 0 saturated heterocycles. The highest BCUT2D eigenvalue weighted by molar-refractivity contribution is 5.95. The molecule has 4 saturated carbocycles. The monoisotopic (exact) mass is 742 g/mol. The van der Waals surface area contributed by atoms with E-state index in [9.17, 15) is 62.3 Å². The van der Waals surface area contributed by atoms with Gasteiger partial charge in [-0.25, -0.2) is 37.2 Å². The van der Waals surface area contributed by atoms with Crippen molar-refractivity contribution in [2.45, 2.75) is 61.2 Å². The Morgan fingerprint density at radius 2 is 0.941 bits per heavy atom. The molecule has 2 amide bonds. The molecule has 276 valence electrons. The second-order valence-corrected chi connectivity index (χ2v) is 13.1. The average molecular weight is 743 g/mol. The van der Waals surface area contributed by atoms with E-state index in [1.165, 1.54) is 48.5 Å². The number of ether oxygens (including phenoxy) is 1. The molecule has 7 nitrogen and oxygen atoms in total. The first-order valence-electron chi connectivity index (χ1n) is 15.4. The summed E-state index contributed by atoms with van der Waals surface area (Å²) in [6.07, 6.45) is -12.1. The quantitative estimate of drug-likeness (QED) is 0.163. The number of fused-ring (bicyclic) bond motifs is 4. The molecule has 2 N–H and O–H groups in total. The molecule has 0 aliphatic heterocycles. The highest BCUT2D eigenvalue weighted by atomic mass is 19.4. The van der Waals surface area contributed by atoms with E-state index in [1.807, 2.05) is 0 Å². The number of rotatable bonds is 8. The van der Waals surface area contributed by atoms with Crippen LogP contribution in [0, 0.1) is 35.5 Å². The summed E-state index contributed by atoms with van der Waals surface area (Å²) >= 11 is 0. The highest BCUT2D eigenvalue weighted by Gasteiger charge is 2.84. The fraction of sp³-hybridized carbons (Fsp3) is 0.500. The minimum Gasteiger partial charge on any atom is -0.457 e. The predicted octanol–water partition coefficient (Wildman–Crippen LogP) is 8.03. The Morgan fingerprint density at radius 1 is 0.608 bits per heavy atom. The molecule has 0 aromatic heterocycles. The third-order valence-corrected chi connectivity index (χ3v) is 10.4. The number of carbonyl (C=O) groups excluding carboxylic acids is 2. The van der Waals surface area contributed by atoms with Gasteiger partial charge in [-0.3, -0.25) is 9.59 Å². The lowest BCUT2D eigenvalue weighted by molar-refractivity contribution is -0.320. The summed E-state index contributed by atoms with van der Waals surface area (Å²) in [6.45, 7) is 0. The van der Waals surface area contributed by atoms with E-state index in [-0.39, 0.29) is 22.6 Å². The first kappa shape index (κ1) is 36.5. The van der Waals surface area contributed by atoms with Crippen molar-refractivity contribution in [3.63, 3.8) is 0 Å². The van der Waals surface area contributed by atoms with Gasteiger partial charge in [0.25, 0.3) is 35.0 Å². The summed E-state index contributed by atoms with van der Waals surface area (Å²) in [4.78, 5) is 24.9. The summed E-state index contributed by atoms with van der Waals surface area (Å²) in [5.74, 6) is -20.6. The molecule has 19 heteroatoms. The van der Waals surface area contributed by atoms with E-state index in [0.717, 1.165) is 12.4 Å². The predicted molar refractivity (Wildman–Crippen MR) is 154 cm³/mol. The number of hydrogen-bond acceptors (Lipinski definition) is 5. The molecule has 0 heterocycles. The van der Waals surface area contributed by atoms with Gasteiger partial charge in [0.15, 0.2) is 0 Å². The van der Waals surface area contributed by atoms with Gasteiger partial charge in [-0.05, 0) is 74.2 Å². The third-order valence-electron chi connectivity index (χ3n) is 10.4. The Labute approximate surface area is 280 Å². The van der Waals surface area contributed by atoms with Gasteiger partial charge in [-0.2, -0.15) is 36.5 Å². The molecule has 2 aromatic rings. The summed E-state index contributed by atoms with van der Waals surface area (Å²) in [6, 6.07) is 10.7. The van der Waals surface area contributed by atoms with Crippen molar-refractivity contribution in [2.75, 3.05) is 0 Å². The van der Waals surface area contributed by atoms with Crippen molar-refractivity contribution in [2.24, 2.45) is 45.7 Å². The van der Waals surface area contributed by atoms with Crippen molar-refractivity contribution in [1.82, 2.24) is 10.9 Å². The molecule has 4 aliphatic carbocycles. The Kier molecular flexibility index (Phi) is 8.68. The maximum atomic E-state index is 14.7. The van der Waals surface area contributed by atoms with Crippen molar-refractivity contribution in [3.8, 4) is 11.5 Å². The largest absolute Gasteiger partial charge is 0.457 e. The molecule has 8 atom stereocenters. The number of hydrazone groups is 2. The number of nitrogens with one attached hydrogen (secondary N) is 2. The first-order chi connectivity index (χ1) is 23.6. The van der Waals surface area contributed by atoms with Gasteiger partial charge in [0.2, 0.25) is 0 Å². The molecular weight excluding hydrogens is 716 g/mol. The van der Waals surface area contributed by atoms with Gasteiger partial charge < -0.3 is 4.74 Å². The van der Waals surface area contributed by atoms with Crippen LogP contribution >= 0.6 is 0 Å². The molecule has 0 unspecified atom stereocenters. The molecule has 4 aliphatic rings. The van der Waals surface area contributed by atoms with Crippen LogP contribution in [0.1, 0.15) is 46.4 Å². The summed E-state index contributed by atoms with van der Waals surface area (Å²) < 4.78 is 171. The van der Waals surface area contributed by atoms with Crippen molar-refractivity contribution in [3.05, 3.63) is 59.7 Å². The van der Waals surface area contributed by atoms with Gasteiger partial charge in [0, 0.05) is 59.1 Å². The number of nitrogens with zero attached hydrogens (tertiary/aromatic N) is 2. The van der Waals surface area contributed by atoms with E-state index in [1.54, 1.807) is 0 Å². The zero-order chi connectivity index (χ0) is 37.4. The van der Waals surface area contributed by atoms with E-state index < -0.39 is 109 Å². The van der Waals surface area contributed by atoms with E-state index in [4.69, 9.17) is 4.74 Å². The number of benzene rings is 2. The number of carbonyl (C=O) groups is 2. The Bertz CT molecular complexity index is 1600. The van der Waals surface area contributed by atoms with Gasteiger partial charge in [-0.15, -0.1) is 0 Å². The lowest BCUT2D eigenvalue weighted by atomic mass is 9.76. The molecule has 4 fully saturated rings. The van der Waals surface area contributed by atoms with Crippen molar-refractivity contribution >= 4 is 24.2 Å². The van der Waals surface area contributed by atoms with E-state index in [0.29, 0.717) is 0 Å². The standard InChI is InChI=1S/C32H26F12N4O3/c33-27(31(39,40)41)23-11-19(29(27,35)36)9-17(23)13-45-47-25(49)15-1-5-21(6-2-15)51-22-7-3-16(4-8-22)26(50)48-46-14-18-10-20-12-24(18)28(34,30(20,37)38)32(42,43)44/h1-8,13-14,17-20,23-24H,9-12H2,(H,47,49)(H,48,50)/b45-13-,46-14-/t17-,18-,19-,20-,23+,24+,27+,28+/m0/s1. The number of hydrogen-bond donors (Lipinski definition) is 2. The maximum Gasteiger partial charge on any atom is 0.428 e. The summed E-state index contributed by atoms with van der Waals surface area (Å²) in [5, 5.41) is 7.13. The van der Waals surface area contributed by atoms with Crippen LogP contribution in [0.15, 0.2) is 58.7 Å². The normalized spacial score (nSPS) is 33.6. The lowest BCUT2D eigenvalue weighted by Gasteiger charge is -2.40. The van der Waals surface area contributed by atoms with Crippen molar-refractivity contribution < 1.29 is 67.0 Å². The molecule has 0 spiro atoms. The zero-order valence-corrected chi connectivity index (χ0v) is 25.7. The van der Waals surface area contributed by atoms with Crippen LogP contribution in [0.2, 0.25) is 0 Å². The van der Waals surface area contributed by atoms with Gasteiger partial charge in [0.1, 0.15) is 11.5 Å². The smallest absolute Gasteiger partial charge is 0.428 e. The number of halogens is 12. The van der Waals surface area contributed by atoms with Crippen LogP contribution in [-0.4, -0.2) is 59.8 Å². The minimum absolute atomic E-state index is 0.0245. The molecule has 2 aromatic carbocycles. The van der Waals surface area contributed by atoms with Gasteiger partial charge >= 0.3 is 12.4 Å². The average Bonchev–Trinajstić information content (AvgIpc) is 3.77. The maximum absolute atomic E-state index is 14.7. The fourth-order valence-corrected chi connectivity index (χ4v) is 7.86. The second kappa shape index (κ2) is 12.1. The molecule has 4 bridgehead atoms. The van der Waals surface area contributed by atoms with Gasteiger partial charge in [0.05, 0.1) is 0 Å². The Morgan fingerprint density at radius 3 is 1.24 bits per heavy atom. The van der Waals surface area contributed by atoms with Crippen LogP contribution < -0.4 is 15.6 Å². The van der Waals surface area contributed by atoms with Crippen LogP contribution in [0.25, 0.3) is 0 Å². The van der Waals surface area contributed by atoms with Crippen LogP contribution in [0.5, 0.6) is 11.5 Å². The first-order valence-corrected chi connectivity index (χ1v) is 15.4. The Balaban J connectivity index is 0.988. The SMILES string of the molecule is O=C(N/N=C\[C@@H]1C[C@H]2C[C@H]1[C@](F)(C(F)(F)F)C2(F)F)c1ccc(Oc2ccc(C(=O)N/N=C\[C@@H]3C[C@H]4C[C@H]3[C@](F)(C(F)(F)F)C4(F)F)cc2)cc1. The van der Waals surface area contributed by atoms with Crippen LogP contribution in [-0.2, 0) is 0 Å². The molecule has 6 rings (SSSR count). The lowest BCUT2D eigenvalue weighted by Crippen LogP contribution is -2.60. The van der Waals surface area contributed by atoms with Crippen LogP contribution in [0.3, 0.4) is 0 Å². The van der Waals surface area contributed by atoms with E-state index >= 15 is 0 Å². The number of amides is 2.